The number of rotatable bonds is 8. The molecule has 3 rings (SSSR count). The topological polar surface area (TPSA) is 83.0 Å². The number of nitrogen functional groups attached to an aromatic ring is 1. The maximum Gasteiger partial charge on any atom is 0.421 e. The van der Waals surface area contributed by atoms with Gasteiger partial charge in [-0.2, -0.15) is 22.0 Å². The molecule has 0 unspecified atom stereocenters. The van der Waals surface area contributed by atoms with Crippen LogP contribution in [-0.4, -0.2) is 27.8 Å². The van der Waals surface area contributed by atoms with Crippen LogP contribution in [0.2, 0.25) is 0 Å². The van der Waals surface area contributed by atoms with E-state index in [1.807, 2.05) is 0 Å². The van der Waals surface area contributed by atoms with Gasteiger partial charge in [0.05, 0.1) is 17.6 Å². The third kappa shape index (κ3) is 5.41. The molecule has 0 spiro atoms. The summed E-state index contributed by atoms with van der Waals surface area (Å²) >= 11 is 0. The van der Waals surface area contributed by atoms with Crippen LogP contribution < -0.4 is 11.3 Å². The van der Waals surface area contributed by atoms with Gasteiger partial charge in [0, 0.05) is 18.9 Å². The summed E-state index contributed by atoms with van der Waals surface area (Å²) in [5.74, 6) is -4.55. The summed E-state index contributed by atoms with van der Waals surface area (Å²) in [5.41, 5.74) is 2.59. The van der Waals surface area contributed by atoms with E-state index in [0.717, 1.165) is 10.6 Å². The normalized spacial score (nSPS) is 12.1. The molecule has 0 saturated heterocycles. The summed E-state index contributed by atoms with van der Waals surface area (Å²) in [4.78, 5) is 19.5. The standard InChI is InChI=1S/C20H17F7N4O2/c21-14-11(17-29-9-12(16(28)30-17)20(25,26)27)8-10-4-6-31(18(32)13(10)15(14)22)5-2-1-3-7-33-19(23)24/h4,6,8-9,19H,1-3,5,7H2,(H2,28,29,30). The largest absolute Gasteiger partial charge is 0.421 e. The number of alkyl halides is 5. The van der Waals surface area contributed by atoms with Crippen LogP contribution in [0, 0.1) is 11.6 Å². The van der Waals surface area contributed by atoms with Gasteiger partial charge in [0.1, 0.15) is 11.4 Å². The number of pyridine rings is 1. The fourth-order valence-electron chi connectivity index (χ4n) is 3.19. The molecule has 6 nitrogen and oxygen atoms in total. The zero-order valence-corrected chi connectivity index (χ0v) is 16.8. The molecule has 0 radical (unpaired) electrons. The first-order valence-electron chi connectivity index (χ1n) is 9.61. The van der Waals surface area contributed by atoms with Crippen molar-refractivity contribution < 1.29 is 35.5 Å². The number of nitrogens with zero attached hydrogens (tertiary/aromatic N) is 3. The molecule has 0 fully saturated rings. The van der Waals surface area contributed by atoms with Gasteiger partial charge in [-0.1, -0.05) is 0 Å². The number of hydrogen-bond acceptors (Lipinski definition) is 5. The van der Waals surface area contributed by atoms with E-state index in [1.165, 1.54) is 12.3 Å². The summed E-state index contributed by atoms with van der Waals surface area (Å²) in [6, 6.07) is 2.37. The highest BCUT2D eigenvalue weighted by Gasteiger charge is 2.34. The Balaban J connectivity index is 1.88. The number of nitrogens with two attached hydrogens (primary N) is 1. The second-order valence-corrected chi connectivity index (χ2v) is 7.01. The van der Waals surface area contributed by atoms with Crippen LogP contribution in [0.1, 0.15) is 24.8 Å². The molecule has 0 aliphatic rings. The quantitative estimate of drug-likeness (QED) is 0.373. The summed E-state index contributed by atoms with van der Waals surface area (Å²) in [7, 11) is 0. The third-order valence-corrected chi connectivity index (χ3v) is 4.80. The molecule has 3 aromatic rings. The highest BCUT2D eigenvalue weighted by atomic mass is 19.4. The Bertz CT molecular complexity index is 1210. The number of ether oxygens (including phenoxy) is 1. The zero-order valence-electron chi connectivity index (χ0n) is 16.8. The molecular weight excluding hydrogens is 461 g/mol. The lowest BCUT2D eigenvalue weighted by Crippen LogP contribution is -2.21. The Hall–Kier alpha value is -3.22. The van der Waals surface area contributed by atoms with Gasteiger partial charge in [0.2, 0.25) is 0 Å². The zero-order chi connectivity index (χ0) is 24.3. The van der Waals surface area contributed by atoms with Gasteiger partial charge in [-0.05, 0) is 36.8 Å². The Morgan fingerprint density at radius 1 is 1.12 bits per heavy atom. The Kier molecular flexibility index (Phi) is 7.20. The molecule has 0 amide bonds. The Morgan fingerprint density at radius 3 is 2.48 bits per heavy atom. The van der Waals surface area contributed by atoms with Crippen LogP contribution in [0.15, 0.2) is 29.3 Å². The number of unbranched alkanes of at least 4 members (excludes halogenated alkanes) is 2. The number of aryl methyl sites for hydroxylation is 1. The smallest absolute Gasteiger partial charge is 0.383 e. The van der Waals surface area contributed by atoms with Gasteiger partial charge in [-0.15, -0.1) is 0 Å². The number of benzene rings is 1. The second-order valence-electron chi connectivity index (χ2n) is 7.01. The molecule has 0 aliphatic carbocycles. The van der Waals surface area contributed by atoms with Crippen LogP contribution in [0.3, 0.4) is 0 Å². The van der Waals surface area contributed by atoms with Crippen molar-refractivity contribution >= 4 is 16.6 Å². The minimum absolute atomic E-state index is 0.0162. The lowest BCUT2D eigenvalue weighted by molar-refractivity contribution is -0.137. The first-order valence-corrected chi connectivity index (χ1v) is 9.61. The van der Waals surface area contributed by atoms with Crippen molar-refractivity contribution in [1.82, 2.24) is 14.5 Å². The van der Waals surface area contributed by atoms with Crippen molar-refractivity contribution in [1.29, 1.82) is 0 Å². The van der Waals surface area contributed by atoms with Crippen LogP contribution >= 0.6 is 0 Å². The molecule has 13 heteroatoms. The van der Waals surface area contributed by atoms with Gasteiger partial charge in [0.25, 0.3) is 5.56 Å². The average Bonchev–Trinajstić information content (AvgIpc) is 2.73. The van der Waals surface area contributed by atoms with E-state index in [2.05, 4.69) is 14.7 Å². The lowest BCUT2D eigenvalue weighted by Gasteiger charge is -2.12. The molecule has 2 heterocycles. The molecule has 2 N–H and O–H groups in total. The minimum Gasteiger partial charge on any atom is -0.383 e. The predicted molar refractivity (Wildman–Crippen MR) is 104 cm³/mol. The number of aromatic nitrogens is 3. The van der Waals surface area contributed by atoms with Crippen molar-refractivity contribution in [2.75, 3.05) is 12.3 Å². The fourth-order valence-corrected chi connectivity index (χ4v) is 3.19. The number of anilines is 1. The maximum absolute atomic E-state index is 14.8. The van der Waals surface area contributed by atoms with E-state index in [4.69, 9.17) is 5.73 Å². The highest BCUT2D eigenvalue weighted by molar-refractivity contribution is 5.86. The molecule has 1 aromatic carbocycles. The summed E-state index contributed by atoms with van der Waals surface area (Å²) in [6.07, 6.45) is -1.93. The van der Waals surface area contributed by atoms with Gasteiger partial charge in [0.15, 0.2) is 17.5 Å². The van der Waals surface area contributed by atoms with Gasteiger partial charge in [-0.3, -0.25) is 4.79 Å². The van der Waals surface area contributed by atoms with Crippen LogP contribution in [-0.2, 0) is 17.5 Å². The van der Waals surface area contributed by atoms with Crippen molar-refractivity contribution in [3.63, 3.8) is 0 Å². The number of halogens is 7. The number of fused-ring (bicyclic) bond motifs is 1. The van der Waals surface area contributed by atoms with Crippen LogP contribution in [0.5, 0.6) is 0 Å². The maximum atomic E-state index is 14.8. The fraction of sp³-hybridized carbons (Fsp3) is 0.350. The van der Waals surface area contributed by atoms with Gasteiger partial charge in [-0.25, -0.2) is 18.7 Å². The van der Waals surface area contributed by atoms with E-state index >= 15 is 0 Å². The summed E-state index contributed by atoms with van der Waals surface area (Å²) < 4.78 is 97.1. The van der Waals surface area contributed by atoms with E-state index in [-0.39, 0.29) is 18.5 Å². The minimum atomic E-state index is -4.82. The molecule has 33 heavy (non-hydrogen) atoms. The first-order chi connectivity index (χ1) is 15.5. The molecule has 2 aromatic heterocycles. The van der Waals surface area contributed by atoms with Crippen molar-refractivity contribution in [2.24, 2.45) is 0 Å². The molecule has 0 bridgehead atoms. The average molecular weight is 478 g/mol. The SMILES string of the molecule is Nc1nc(-c2cc3ccn(CCCCCOC(F)F)c(=O)c3c(F)c2F)ncc1C(F)(F)F. The van der Waals surface area contributed by atoms with E-state index < -0.39 is 58.1 Å². The monoisotopic (exact) mass is 478 g/mol. The highest BCUT2D eigenvalue weighted by Crippen LogP contribution is 2.34. The Labute approximate surface area is 181 Å². The third-order valence-electron chi connectivity index (χ3n) is 4.80. The molecular formula is C20H17F7N4O2. The summed E-state index contributed by atoms with van der Waals surface area (Å²) in [5, 5.41) is -0.572. The van der Waals surface area contributed by atoms with Crippen LogP contribution in [0.25, 0.3) is 22.2 Å². The summed E-state index contributed by atoms with van der Waals surface area (Å²) in [6.45, 7) is -2.88. The van der Waals surface area contributed by atoms with Gasteiger partial charge < -0.3 is 15.0 Å². The first kappa shape index (κ1) is 24.4. The van der Waals surface area contributed by atoms with Crippen LogP contribution in [0.4, 0.5) is 36.6 Å². The molecule has 0 atom stereocenters. The number of hydrogen-bond donors (Lipinski definition) is 1. The van der Waals surface area contributed by atoms with Gasteiger partial charge >= 0.3 is 12.8 Å². The van der Waals surface area contributed by atoms with E-state index in [1.54, 1.807) is 0 Å². The second kappa shape index (κ2) is 9.73. The lowest BCUT2D eigenvalue weighted by atomic mass is 10.1. The van der Waals surface area contributed by atoms with Crippen molar-refractivity contribution in [3.05, 3.63) is 52.1 Å². The van der Waals surface area contributed by atoms with Crippen molar-refractivity contribution in [2.45, 2.75) is 38.6 Å². The molecule has 178 valence electrons. The van der Waals surface area contributed by atoms with E-state index in [0.29, 0.717) is 25.5 Å². The van der Waals surface area contributed by atoms with E-state index in [9.17, 15) is 35.5 Å². The molecule has 0 aliphatic heterocycles. The Morgan fingerprint density at radius 2 is 1.85 bits per heavy atom. The predicted octanol–water partition coefficient (Wildman–Crippen LogP) is 4.75. The van der Waals surface area contributed by atoms with Crippen molar-refractivity contribution in [3.8, 4) is 11.4 Å². The molecule has 0 saturated carbocycles.